The summed E-state index contributed by atoms with van der Waals surface area (Å²) in [5, 5.41) is 12.6. The van der Waals surface area contributed by atoms with Crippen molar-refractivity contribution < 1.29 is 9.90 Å². The molecule has 0 heterocycles. The van der Waals surface area contributed by atoms with Crippen LogP contribution < -0.4 is 10.2 Å². The highest BCUT2D eigenvalue weighted by atomic mass is 16.3. The second kappa shape index (κ2) is 7.01. The van der Waals surface area contributed by atoms with Gasteiger partial charge in [-0.1, -0.05) is 25.1 Å². The Hall–Kier alpha value is -1.55. The van der Waals surface area contributed by atoms with Crippen LogP contribution in [0.25, 0.3) is 0 Å². The van der Waals surface area contributed by atoms with Gasteiger partial charge in [-0.3, -0.25) is 4.79 Å². The third-order valence-corrected chi connectivity index (χ3v) is 3.02. The second-order valence-electron chi connectivity index (χ2n) is 4.17. The van der Waals surface area contributed by atoms with Crippen molar-refractivity contribution in [3.63, 3.8) is 0 Å². The number of amides is 1. The number of carbonyl (C=O) groups is 1. The van der Waals surface area contributed by atoms with Crippen LogP contribution in [-0.4, -0.2) is 31.2 Å². The van der Waals surface area contributed by atoms with Gasteiger partial charge >= 0.3 is 0 Å². The van der Waals surface area contributed by atoms with Gasteiger partial charge in [-0.15, -0.1) is 0 Å². The number of nitrogens with zero attached hydrogens (tertiary/aromatic N) is 1. The Labute approximate surface area is 109 Å². The lowest BCUT2D eigenvalue weighted by Crippen LogP contribution is -2.36. The molecule has 0 aliphatic carbocycles. The first-order valence-electron chi connectivity index (χ1n) is 6.36. The third kappa shape index (κ3) is 3.47. The normalized spacial score (nSPS) is 12.0. The lowest BCUT2D eigenvalue weighted by molar-refractivity contribution is -0.119. The largest absolute Gasteiger partial charge is 0.388 e. The summed E-state index contributed by atoms with van der Waals surface area (Å²) in [5.74, 6) is -0.0300. The van der Waals surface area contributed by atoms with Gasteiger partial charge < -0.3 is 15.3 Å². The quantitative estimate of drug-likeness (QED) is 0.808. The molecule has 0 spiro atoms. The SMILES string of the molecule is CCC(O)c1ccccc1N(CC)CC(=O)NC. The van der Waals surface area contributed by atoms with Gasteiger partial charge in [0.05, 0.1) is 12.6 Å². The Balaban J connectivity index is 3.01. The maximum atomic E-state index is 11.5. The molecule has 0 bridgehead atoms. The molecule has 0 aliphatic rings. The molecule has 4 nitrogen and oxygen atoms in total. The van der Waals surface area contributed by atoms with Crippen LogP contribution in [0.2, 0.25) is 0 Å². The molecule has 4 heteroatoms. The molecule has 1 rings (SSSR count). The summed E-state index contributed by atoms with van der Waals surface area (Å²) in [6.45, 7) is 4.97. The van der Waals surface area contributed by atoms with Crippen LogP contribution in [0.1, 0.15) is 31.9 Å². The molecule has 100 valence electrons. The first-order valence-corrected chi connectivity index (χ1v) is 6.36. The van der Waals surface area contributed by atoms with Gasteiger partial charge in [0, 0.05) is 24.8 Å². The third-order valence-electron chi connectivity index (χ3n) is 3.02. The van der Waals surface area contributed by atoms with Crippen LogP contribution in [0.5, 0.6) is 0 Å². The van der Waals surface area contributed by atoms with Gasteiger partial charge in [0.1, 0.15) is 0 Å². The standard InChI is InChI=1S/C14H22N2O2/c1-4-13(17)11-8-6-7-9-12(11)16(5-2)10-14(18)15-3/h6-9,13,17H,4-5,10H2,1-3H3,(H,15,18). The Bertz CT molecular complexity index is 393. The Morgan fingerprint density at radius 3 is 2.61 bits per heavy atom. The van der Waals surface area contributed by atoms with Gasteiger partial charge in [0.2, 0.25) is 5.91 Å². The summed E-state index contributed by atoms with van der Waals surface area (Å²) in [6, 6.07) is 7.69. The number of para-hydroxylation sites is 1. The lowest BCUT2D eigenvalue weighted by Gasteiger charge is -2.26. The number of likely N-dealkylation sites (N-methyl/N-ethyl adjacent to an activating group) is 2. The summed E-state index contributed by atoms with van der Waals surface area (Å²) >= 11 is 0. The van der Waals surface area contributed by atoms with E-state index in [1.165, 1.54) is 0 Å². The van der Waals surface area contributed by atoms with Gasteiger partial charge in [0.15, 0.2) is 0 Å². The van der Waals surface area contributed by atoms with Crippen molar-refractivity contribution in [3.05, 3.63) is 29.8 Å². The molecule has 0 saturated carbocycles. The maximum Gasteiger partial charge on any atom is 0.239 e. The summed E-state index contributed by atoms with van der Waals surface area (Å²) < 4.78 is 0. The van der Waals surface area contributed by atoms with Crippen molar-refractivity contribution in [3.8, 4) is 0 Å². The molecule has 1 aromatic rings. The van der Waals surface area contributed by atoms with Gasteiger partial charge in [-0.05, 0) is 19.4 Å². The van der Waals surface area contributed by atoms with Crippen LogP contribution in [0.3, 0.4) is 0 Å². The molecule has 2 N–H and O–H groups in total. The number of hydrogen-bond acceptors (Lipinski definition) is 3. The Morgan fingerprint density at radius 1 is 1.39 bits per heavy atom. The maximum absolute atomic E-state index is 11.5. The van der Waals surface area contributed by atoms with E-state index in [0.29, 0.717) is 13.0 Å². The van der Waals surface area contributed by atoms with Crippen LogP contribution in [0.4, 0.5) is 5.69 Å². The summed E-state index contributed by atoms with van der Waals surface area (Å²) in [6.07, 6.45) is 0.175. The number of benzene rings is 1. The van der Waals surface area contributed by atoms with E-state index in [4.69, 9.17) is 0 Å². The summed E-state index contributed by atoms with van der Waals surface area (Å²) in [5.41, 5.74) is 1.81. The zero-order chi connectivity index (χ0) is 13.5. The highest BCUT2D eigenvalue weighted by Gasteiger charge is 2.16. The molecule has 1 unspecified atom stereocenters. The number of hydrogen-bond donors (Lipinski definition) is 2. The first kappa shape index (κ1) is 14.5. The molecule has 18 heavy (non-hydrogen) atoms. The van der Waals surface area contributed by atoms with Gasteiger partial charge in [-0.25, -0.2) is 0 Å². The van der Waals surface area contributed by atoms with Crippen molar-refractivity contribution in [2.75, 3.05) is 25.0 Å². The van der Waals surface area contributed by atoms with Gasteiger partial charge in [-0.2, -0.15) is 0 Å². The minimum absolute atomic E-state index is 0.0300. The summed E-state index contributed by atoms with van der Waals surface area (Å²) in [7, 11) is 1.63. The average molecular weight is 250 g/mol. The number of aliphatic hydroxyl groups is 1. The van der Waals surface area contributed by atoms with Crippen molar-refractivity contribution in [2.45, 2.75) is 26.4 Å². The fraction of sp³-hybridized carbons (Fsp3) is 0.500. The van der Waals surface area contributed by atoms with E-state index in [-0.39, 0.29) is 5.91 Å². The number of nitrogens with one attached hydrogen (secondary N) is 1. The molecule has 0 saturated heterocycles. The van der Waals surface area contributed by atoms with E-state index in [1.807, 2.05) is 43.0 Å². The molecule has 1 amide bonds. The summed E-state index contributed by atoms with van der Waals surface area (Å²) in [4.78, 5) is 13.5. The van der Waals surface area contributed by atoms with E-state index >= 15 is 0 Å². The molecule has 0 aliphatic heterocycles. The monoisotopic (exact) mass is 250 g/mol. The van der Waals surface area contributed by atoms with Crippen molar-refractivity contribution in [1.29, 1.82) is 0 Å². The molecule has 0 radical (unpaired) electrons. The zero-order valence-corrected chi connectivity index (χ0v) is 11.3. The minimum atomic E-state index is -0.486. The highest BCUT2D eigenvalue weighted by Crippen LogP contribution is 2.27. The van der Waals surface area contributed by atoms with Crippen molar-refractivity contribution in [2.24, 2.45) is 0 Å². The van der Waals surface area contributed by atoms with Crippen molar-refractivity contribution in [1.82, 2.24) is 5.32 Å². The Kier molecular flexibility index (Phi) is 5.65. The first-order chi connectivity index (χ1) is 8.63. The molecule has 0 aromatic heterocycles. The molecule has 1 aromatic carbocycles. The van der Waals surface area contributed by atoms with E-state index in [2.05, 4.69) is 5.32 Å². The van der Waals surface area contributed by atoms with Crippen molar-refractivity contribution >= 4 is 11.6 Å². The van der Waals surface area contributed by atoms with E-state index < -0.39 is 6.10 Å². The molecular formula is C14H22N2O2. The Morgan fingerprint density at radius 2 is 2.06 bits per heavy atom. The van der Waals surface area contributed by atoms with Crippen LogP contribution in [0.15, 0.2) is 24.3 Å². The minimum Gasteiger partial charge on any atom is -0.388 e. The smallest absolute Gasteiger partial charge is 0.239 e. The predicted molar refractivity (Wildman–Crippen MR) is 73.6 cm³/mol. The van der Waals surface area contributed by atoms with Crippen LogP contribution in [0, 0.1) is 0 Å². The molecule has 0 fully saturated rings. The number of carbonyl (C=O) groups excluding carboxylic acids is 1. The number of aliphatic hydroxyl groups excluding tert-OH is 1. The number of rotatable bonds is 6. The molecule has 1 atom stereocenters. The van der Waals surface area contributed by atoms with E-state index in [0.717, 1.165) is 17.8 Å². The highest BCUT2D eigenvalue weighted by molar-refractivity contribution is 5.81. The van der Waals surface area contributed by atoms with E-state index in [1.54, 1.807) is 7.05 Å². The fourth-order valence-electron chi connectivity index (χ4n) is 1.90. The average Bonchev–Trinajstić information content (AvgIpc) is 2.43. The fourth-order valence-corrected chi connectivity index (χ4v) is 1.90. The zero-order valence-electron chi connectivity index (χ0n) is 11.3. The lowest BCUT2D eigenvalue weighted by atomic mass is 10.0. The van der Waals surface area contributed by atoms with Crippen LogP contribution >= 0.6 is 0 Å². The topological polar surface area (TPSA) is 52.6 Å². The number of anilines is 1. The van der Waals surface area contributed by atoms with Crippen LogP contribution in [-0.2, 0) is 4.79 Å². The predicted octanol–water partition coefficient (Wildman–Crippen LogP) is 1.70. The molecular weight excluding hydrogens is 228 g/mol. The van der Waals surface area contributed by atoms with Gasteiger partial charge in [0.25, 0.3) is 0 Å². The second-order valence-corrected chi connectivity index (χ2v) is 4.17. The van der Waals surface area contributed by atoms with E-state index in [9.17, 15) is 9.90 Å².